The maximum absolute atomic E-state index is 12.9. The molecule has 4 atom stereocenters. The Labute approximate surface area is 129 Å². The van der Waals surface area contributed by atoms with Crippen LogP contribution < -0.4 is 5.32 Å². The van der Waals surface area contributed by atoms with E-state index in [-0.39, 0.29) is 29.2 Å². The molecule has 120 valence electrons. The zero-order valence-corrected chi connectivity index (χ0v) is 13.6. The van der Waals surface area contributed by atoms with Crippen LogP contribution in [0, 0.1) is 11.8 Å². The second-order valence-corrected chi connectivity index (χ2v) is 7.03. The Kier molecular flexibility index (Phi) is 5.51. The van der Waals surface area contributed by atoms with Gasteiger partial charge < -0.3 is 20.1 Å². The molecule has 0 aromatic carbocycles. The molecule has 2 saturated heterocycles. The fraction of sp³-hybridized carbons (Fsp3) is 0.857. The van der Waals surface area contributed by atoms with Gasteiger partial charge in [-0.1, -0.05) is 20.8 Å². The third-order valence-corrected chi connectivity index (χ3v) is 5.63. The minimum absolute atomic E-state index is 0.0182. The molecular weight excluding hydrogens is 292 g/mol. The van der Waals surface area contributed by atoms with E-state index in [1.807, 2.05) is 20.8 Å². The van der Waals surface area contributed by atoms with Crippen molar-refractivity contribution in [3.63, 3.8) is 0 Å². The Morgan fingerprint density at radius 1 is 1.43 bits per heavy atom. The predicted molar refractivity (Wildman–Crippen MR) is 81.1 cm³/mol. The highest BCUT2D eigenvalue weighted by molar-refractivity contribution is 8.00. The van der Waals surface area contributed by atoms with Gasteiger partial charge >= 0.3 is 5.97 Å². The number of hydrogen-bond acceptors (Lipinski definition) is 5. The number of carbonyl (C=O) groups excluding carboxylic acids is 1. The van der Waals surface area contributed by atoms with Crippen LogP contribution >= 0.6 is 11.8 Å². The predicted octanol–water partition coefficient (Wildman–Crippen LogP) is 0.622. The lowest BCUT2D eigenvalue weighted by atomic mass is 10.00. The highest BCUT2D eigenvalue weighted by Gasteiger charge is 2.47. The Morgan fingerprint density at radius 2 is 2.14 bits per heavy atom. The van der Waals surface area contributed by atoms with E-state index in [9.17, 15) is 14.7 Å². The first kappa shape index (κ1) is 16.6. The molecule has 2 heterocycles. The second kappa shape index (κ2) is 6.98. The van der Waals surface area contributed by atoms with Crippen molar-refractivity contribution in [1.29, 1.82) is 0 Å². The number of thioether (sulfide) groups is 1. The Morgan fingerprint density at radius 3 is 2.71 bits per heavy atom. The Balaban J connectivity index is 2.18. The van der Waals surface area contributed by atoms with E-state index in [4.69, 9.17) is 4.74 Å². The number of aliphatic carboxylic acids is 1. The monoisotopic (exact) mass is 316 g/mol. The number of carboxylic acids is 1. The first-order chi connectivity index (χ1) is 9.97. The van der Waals surface area contributed by atoms with Gasteiger partial charge in [0, 0.05) is 11.8 Å². The van der Waals surface area contributed by atoms with Crippen molar-refractivity contribution in [3.05, 3.63) is 0 Å². The number of carboxylic acid groups (broad SMARTS) is 1. The van der Waals surface area contributed by atoms with Crippen LogP contribution in [-0.4, -0.2) is 64.9 Å². The van der Waals surface area contributed by atoms with Crippen LogP contribution in [0.2, 0.25) is 0 Å². The quantitative estimate of drug-likeness (QED) is 0.774. The summed E-state index contributed by atoms with van der Waals surface area (Å²) in [5.41, 5.74) is 0. The van der Waals surface area contributed by atoms with E-state index in [2.05, 4.69) is 5.32 Å². The lowest BCUT2D eigenvalue weighted by Gasteiger charge is -2.33. The topological polar surface area (TPSA) is 78.9 Å². The molecule has 21 heavy (non-hydrogen) atoms. The molecule has 0 spiro atoms. The van der Waals surface area contributed by atoms with Crippen LogP contribution in [0.3, 0.4) is 0 Å². The first-order valence-corrected chi connectivity index (χ1v) is 8.50. The van der Waals surface area contributed by atoms with Crippen LogP contribution in [0.15, 0.2) is 0 Å². The average Bonchev–Trinajstić information content (AvgIpc) is 3.04. The lowest BCUT2D eigenvalue weighted by molar-refractivity contribution is -0.151. The van der Waals surface area contributed by atoms with Crippen LogP contribution in [0.25, 0.3) is 0 Å². The molecule has 2 aliphatic heterocycles. The van der Waals surface area contributed by atoms with E-state index >= 15 is 0 Å². The van der Waals surface area contributed by atoms with Crippen LogP contribution in [0.1, 0.15) is 20.8 Å². The fourth-order valence-corrected chi connectivity index (χ4v) is 4.44. The molecule has 0 aromatic heterocycles. The van der Waals surface area contributed by atoms with Crippen molar-refractivity contribution in [2.45, 2.75) is 38.2 Å². The summed E-state index contributed by atoms with van der Waals surface area (Å²) in [5, 5.41) is 12.6. The Hall–Kier alpha value is -0.790. The number of likely N-dealkylation sites (N-methyl/N-ethyl adjacent to an activating group) is 1. The molecule has 1 amide bonds. The summed E-state index contributed by atoms with van der Waals surface area (Å²) in [6.07, 6.45) is 0. The second-order valence-electron chi connectivity index (χ2n) is 5.88. The van der Waals surface area contributed by atoms with Gasteiger partial charge in [-0.05, 0) is 12.5 Å². The molecule has 2 N–H and O–H groups in total. The number of hydrogen-bond donors (Lipinski definition) is 2. The van der Waals surface area contributed by atoms with Crippen molar-refractivity contribution in [3.8, 4) is 0 Å². The molecule has 2 fully saturated rings. The normalized spacial score (nSPS) is 32.9. The van der Waals surface area contributed by atoms with Crippen LogP contribution in [0.4, 0.5) is 0 Å². The van der Waals surface area contributed by atoms with Gasteiger partial charge in [0.15, 0.2) is 0 Å². The van der Waals surface area contributed by atoms with Crippen molar-refractivity contribution < 1.29 is 19.4 Å². The standard InChI is InChI=1S/C14H24N2O4S/c1-4-15-10-6-20-5-9(10)12(17)16-11(14(18)19)7-21-13(16)8(2)3/h8-11,13,15H,4-7H2,1-3H3,(H,18,19). The largest absolute Gasteiger partial charge is 0.480 e. The maximum Gasteiger partial charge on any atom is 0.327 e. The number of nitrogens with one attached hydrogen (secondary N) is 1. The molecule has 0 aromatic rings. The van der Waals surface area contributed by atoms with Crippen LogP contribution in [0.5, 0.6) is 0 Å². The summed E-state index contributed by atoms with van der Waals surface area (Å²) in [4.78, 5) is 25.9. The van der Waals surface area contributed by atoms with Crippen molar-refractivity contribution in [1.82, 2.24) is 10.2 Å². The van der Waals surface area contributed by atoms with Crippen molar-refractivity contribution >= 4 is 23.6 Å². The van der Waals surface area contributed by atoms with E-state index < -0.39 is 12.0 Å². The van der Waals surface area contributed by atoms with Crippen molar-refractivity contribution in [2.24, 2.45) is 11.8 Å². The summed E-state index contributed by atoms with van der Waals surface area (Å²) in [7, 11) is 0. The molecule has 4 unspecified atom stereocenters. The Bertz CT molecular complexity index is 404. The maximum atomic E-state index is 12.9. The minimum Gasteiger partial charge on any atom is -0.480 e. The van der Waals surface area contributed by atoms with E-state index in [0.29, 0.717) is 19.0 Å². The fourth-order valence-electron chi connectivity index (χ4n) is 2.96. The van der Waals surface area contributed by atoms with Gasteiger partial charge in [-0.15, -0.1) is 11.8 Å². The molecule has 2 aliphatic rings. The van der Waals surface area contributed by atoms with Gasteiger partial charge in [-0.3, -0.25) is 4.79 Å². The van der Waals surface area contributed by atoms with E-state index in [0.717, 1.165) is 6.54 Å². The minimum atomic E-state index is -0.919. The molecule has 0 bridgehead atoms. The summed E-state index contributed by atoms with van der Waals surface area (Å²) >= 11 is 1.56. The molecule has 0 aliphatic carbocycles. The van der Waals surface area contributed by atoms with Gasteiger partial charge in [0.05, 0.1) is 24.5 Å². The zero-order valence-electron chi connectivity index (χ0n) is 12.7. The summed E-state index contributed by atoms with van der Waals surface area (Å²) < 4.78 is 5.43. The van der Waals surface area contributed by atoms with Gasteiger partial charge in [-0.2, -0.15) is 0 Å². The number of ether oxygens (including phenoxy) is 1. The molecule has 2 rings (SSSR count). The highest BCUT2D eigenvalue weighted by Crippen LogP contribution is 2.36. The number of amides is 1. The third kappa shape index (κ3) is 3.35. The van der Waals surface area contributed by atoms with E-state index in [1.54, 1.807) is 16.7 Å². The number of rotatable bonds is 5. The van der Waals surface area contributed by atoms with Crippen molar-refractivity contribution in [2.75, 3.05) is 25.5 Å². The molecule has 7 heteroatoms. The lowest BCUT2D eigenvalue weighted by Crippen LogP contribution is -2.53. The molecule has 0 radical (unpaired) electrons. The summed E-state index contributed by atoms with van der Waals surface area (Å²) in [5.74, 6) is -0.606. The van der Waals surface area contributed by atoms with Gasteiger partial charge in [0.25, 0.3) is 0 Å². The number of carbonyl (C=O) groups is 2. The van der Waals surface area contributed by atoms with Gasteiger partial charge in [0.1, 0.15) is 6.04 Å². The average molecular weight is 316 g/mol. The summed E-state index contributed by atoms with van der Waals surface area (Å²) in [6, 6.07) is -0.742. The first-order valence-electron chi connectivity index (χ1n) is 7.45. The van der Waals surface area contributed by atoms with Crippen LogP contribution in [-0.2, 0) is 14.3 Å². The summed E-state index contributed by atoms with van der Waals surface area (Å²) in [6.45, 7) is 7.68. The smallest absolute Gasteiger partial charge is 0.327 e. The molecule has 6 nitrogen and oxygen atoms in total. The zero-order chi connectivity index (χ0) is 15.6. The molecule has 0 saturated carbocycles. The van der Waals surface area contributed by atoms with E-state index in [1.165, 1.54) is 0 Å². The van der Waals surface area contributed by atoms with Gasteiger partial charge in [-0.25, -0.2) is 4.79 Å². The SMILES string of the molecule is CCNC1COCC1C(=O)N1C(C(=O)O)CSC1C(C)C. The third-order valence-electron chi connectivity index (χ3n) is 4.01. The molecular formula is C14H24N2O4S. The number of nitrogens with zero attached hydrogens (tertiary/aromatic N) is 1. The van der Waals surface area contributed by atoms with Gasteiger partial charge in [0.2, 0.25) is 5.91 Å². The highest BCUT2D eigenvalue weighted by atomic mass is 32.2.